The highest BCUT2D eigenvalue weighted by atomic mass is 19.1. The number of nitrogens with zero attached hydrogens (tertiary/aromatic N) is 3. The minimum atomic E-state index is -0.526. The molecule has 128 valence electrons. The largest absolute Gasteiger partial charge is 0.381 e. The fraction of sp³-hybridized carbons (Fsp3) is 0.444. The van der Waals surface area contributed by atoms with Crippen LogP contribution in [0.4, 0.5) is 16.0 Å². The predicted molar refractivity (Wildman–Crippen MR) is 94.2 cm³/mol. The summed E-state index contributed by atoms with van der Waals surface area (Å²) in [5.41, 5.74) is 6.83. The second-order valence-corrected chi connectivity index (χ2v) is 6.51. The molecule has 0 radical (unpaired) electrons. The molecule has 1 aliphatic rings. The summed E-state index contributed by atoms with van der Waals surface area (Å²) < 4.78 is 14.2. The van der Waals surface area contributed by atoms with Crippen LogP contribution in [0.1, 0.15) is 31.9 Å². The molecule has 3 N–H and O–H groups in total. The molecule has 0 spiro atoms. The van der Waals surface area contributed by atoms with Crippen LogP contribution >= 0.6 is 0 Å². The maximum absolute atomic E-state index is 14.2. The fourth-order valence-electron chi connectivity index (χ4n) is 3.23. The molecule has 1 aromatic carbocycles. The molecule has 0 saturated carbocycles. The number of nitrogen functional groups attached to an aromatic ring is 1. The summed E-state index contributed by atoms with van der Waals surface area (Å²) in [7, 11) is 0. The first-order chi connectivity index (χ1) is 11.6. The van der Waals surface area contributed by atoms with E-state index in [2.05, 4.69) is 41.3 Å². The molecule has 0 bridgehead atoms. The Hall–Kier alpha value is -2.21. The lowest BCUT2D eigenvalue weighted by Gasteiger charge is -2.39. The third-order valence-corrected chi connectivity index (χ3v) is 4.82. The smallest absolute Gasteiger partial charge is 0.207 e. The van der Waals surface area contributed by atoms with Crippen LogP contribution in [0, 0.1) is 11.7 Å². The van der Waals surface area contributed by atoms with E-state index < -0.39 is 5.82 Å². The molecule has 1 fully saturated rings. The highest BCUT2D eigenvalue weighted by molar-refractivity contribution is 5.48. The molecule has 3 rings (SSSR count). The van der Waals surface area contributed by atoms with Gasteiger partial charge in [-0.25, -0.2) is 9.97 Å². The van der Waals surface area contributed by atoms with Crippen LogP contribution in [0.3, 0.4) is 0 Å². The van der Waals surface area contributed by atoms with Gasteiger partial charge in [0.1, 0.15) is 6.33 Å². The number of anilines is 2. The summed E-state index contributed by atoms with van der Waals surface area (Å²) in [6.07, 6.45) is 2.29. The maximum Gasteiger partial charge on any atom is 0.207 e. The Morgan fingerprint density at radius 2 is 2.04 bits per heavy atom. The first kappa shape index (κ1) is 16.6. The number of nitrogens with two attached hydrogens (primary N) is 1. The molecule has 5 nitrogen and oxygen atoms in total. The number of hydrogen-bond donors (Lipinski definition) is 2. The molecule has 0 amide bonds. The first-order valence-electron chi connectivity index (χ1n) is 8.38. The van der Waals surface area contributed by atoms with Gasteiger partial charge in [-0.15, -0.1) is 0 Å². The normalized spacial score (nSPS) is 22.4. The number of benzene rings is 1. The molecule has 24 heavy (non-hydrogen) atoms. The van der Waals surface area contributed by atoms with Gasteiger partial charge in [0.25, 0.3) is 0 Å². The van der Waals surface area contributed by atoms with Crippen LogP contribution in [0.15, 0.2) is 36.7 Å². The zero-order valence-electron chi connectivity index (χ0n) is 14.1. The molecule has 1 saturated heterocycles. The monoisotopic (exact) mass is 329 g/mol. The SMILES string of the molecule is CC1CCN(c2ncnc(N)c2F)C[C@@H]1N[C@@H](C)c1ccccc1. The van der Waals surface area contributed by atoms with Crippen molar-refractivity contribution in [2.24, 2.45) is 5.92 Å². The van der Waals surface area contributed by atoms with Crippen molar-refractivity contribution in [3.05, 3.63) is 48.0 Å². The van der Waals surface area contributed by atoms with Crippen molar-refractivity contribution in [3.63, 3.8) is 0 Å². The van der Waals surface area contributed by atoms with E-state index in [1.54, 1.807) is 0 Å². The average molecular weight is 329 g/mol. The summed E-state index contributed by atoms with van der Waals surface area (Å²) >= 11 is 0. The highest BCUT2D eigenvalue weighted by Crippen LogP contribution is 2.26. The van der Waals surface area contributed by atoms with Crippen LogP contribution in [0.25, 0.3) is 0 Å². The third kappa shape index (κ3) is 3.48. The highest BCUT2D eigenvalue weighted by Gasteiger charge is 2.29. The lowest BCUT2D eigenvalue weighted by molar-refractivity contribution is 0.298. The van der Waals surface area contributed by atoms with Crippen molar-refractivity contribution >= 4 is 11.6 Å². The molecule has 1 unspecified atom stereocenters. The number of hydrogen-bond acceptors (Lipinski definition) is 5. The van der Waals surface area contributed by atoms with Crippen molar-refractivity contribution in [2.45, 2.75) is 32.4 Å². The Labute approximate surface area is 142 Å². The number of halogens is 1. The molecule has 2 heterocycles. The van der Waals surface area contributed by atoms with Gasteiger partial charge in [-0.3, -0.25) is 0 Å². The summed E-state index contributed by atoms with van der Waals surface area (Å²) in [6.45, 7) is 5.86. The molecule has 2 aromatic rings. The molecule has 1 aromatic heterocycles. The summed E-state index contributed by atoms with van der Waals surface area (Å²) in [6, 6.07) is 10.8. The summed E-state index contributed by atoms with van der Waals surface area (Å²) in [5.74, 6) is 0.186. The van der Waals surface area contributed by atoms with Crippen LogP contribution in [-0.2, 0) is 0 Å². The number of nitrogens with one attached hydrogen (secondary N) is 1. The van der Waals surface area contributed by atoms with E-state index in [0.717, 1.165) is 13.0 Å². The van der Waals surface area contributed by atoms with Gasteiger partial charge in [0.15, 0.2) is 11.6 Å². The standard InChI is InChI=1S/C18H24FN5/c1-12-8-9-24(18-16(19)17(20)21-11-22-18)10-15(12)23-13(2)14-6-4-3-5-7-14/h3-7,11-13,15,23H,8-10H2,1-2H3,(H2,20,21,22)/t12?,13-,15-/m0/s1. The zero-order chi connectivity index (χ0) is 17.1. The zero-order valence-corrected chi connectivity index (χ0v) is 14.1. The number of aromatic nitrogens is 2. The Bertz CT molecular complexity index is 678. The van der Waals surface area contributed by atoms with Gasteiger partial charge >= 0.3 is 0 Å². The summed E-state index contributed by atoms with van der Waals surface area (Å²) in [5, 5.41) is 3.68. The number of piperidine rings is 1. The van der Waals surface area contributed by atoms with Gasteiger partial charge in [-0.2, -0.15) is 4.39 Å². The number of rotatable bonds is 4. The van der Waals surface area contributed by atoms with E-state index in [0.29, 0.717) is 18.3 Å². The van der Waals surface area contributed by atoms with Crippen molar-refractivity contribution in [2.75, 3.05) is 23.7 Å². The van der Waals surface area contributed by atoms with Crippen molar-refractivity contribution < 1.29 is 4.39 Å². The molecular formula is C18H24FN5. The molecule has 0 aliphatic carbocycles. The van der Waals surface area contributed by atoms with Gasteiger partial charge in [0.05, 0.1) is 0 Å². The molecular weight excluding hydrogens is 305 g/mol. The second kappa shape index (κ2) is 7.13. The molecule has 1 aliphatic heterocycles. The Balaban J connectivity index is 1.73. The van der Waals surface area contributed by atoms with E-state index in [9.17, 15) is 4.39 Å². The predicted octanol–water partition coefficient (Wildman–Crippen LogP) is 2.76. The summed E-state index contributed by atoms with van der Waals surface area (Å²) in [4.78, 5) is 9.76. The van der Waals surface area contributed by atoms with Gasteiger partial charge in [0, 0.05) is 25.2 Å². The van der Waals surface area contributed by atoms with Gasteiger partial charge < -0.3 is 16.0 Å². The first-order valence-corrected chi connectivity index (χ1v) is 8.38. The topological polar surface area (TPSA) is 67.1 Å². The van der Waals surface area contributed by atoms with Gasteiger partial charge in [0.2, 0.25) is 5.82 Å². The fourth-order valence-corrected chi connectivity index (χ4v) is 3.23. The Morgan fingerprint density at radius 3 is 2.79 bits per heavy atom. The van der Waals surface area contributed by atoms with E-state index in [4.69, 9.17) is 5.73 Å². The third-order valence-electron chi connectivity index (χ3n) is 4.82. The van der Waals surface area contributed by atoms with E-state index >= 15 is 0 Å². The van der Waals surface area contributed by atoms with Gasteiger partial charge in [-0.05, 0) is 24.8 Å². The van der Waals surface area contributed by atoms with Crippen LogP contribution in [0.2, 0.25) is 0 Å². The van der Waals surface area contributed by atoms with Crippen LogP contribution in [0.5, 0.6) is 0 Å². The van der Waals surface area contributed by atoms with Crippen LogP contribution < -0.4 is 16.0 Å². The average Bonchev–Trinajstić information content (AvgIpc) is 2.60. The van der Waals surface area contributed by atoms with Crippen molar-refractivity contribution in [3.8, 4) is 0 Å². The quantitative estimate of drug-likeness (QED) is 0.903. The minimum absolute atomic E-state index is 0.0965. The molecule has 6 heteroatoms. The molecule has 3 atom stereocenters. The maximum atomic E-state index is 14.2. The van der Waals surface area contributed by atoms with E-state index in [-0.39, 0.29) is 17.9 Å². The van der Waals surface area contributed by atoms with E-state index in [1.165, 1.54) is 11.9 Å². The lowest BCUT2D eigenvalue weighted by Crippen LogP contribution is -2.51. The van der Waals surface area contributed by atoms with Crippen LogP contribution in [-0.4, -0.2) is 29.1 Å². The van der Waals surface area contributed by atoms with Crippen molar-refractivity contribution in [1.29, 1.82) is 0 Å². The van der Waals surface area contributed by atoms with Crippen molar-refractivity contribution in [1.82, 2.24) is 15.3 Å². The minimum Gasteiger partial charge on any atom is -0.381 e. The second-order valence-electron chi connectivity index (χ2n) is 6.51. The lowest BCUT2D eigenvalue weighted by atomic mass is 9.92. The van der Waals surface area contributed by atoms with E-state index in [1.807, 2.05) is 23.1 Å². The Kier molecular flexibility index (Phi) is 4.94. The Morgan fingerprint density at radius 1 is 1.29 bits per heavy atom. The van der Waals surface area contributed by atoms with Gasteiger partial charge in [-0.1, -0.05) is 37.3 Å².